The number of carbonyl (C=O) groups is 1. The molecule has 1 saturated carbocycles. The van der Waals surface area contributed by atoms with Crippen LogP contribution in [0.25, 0.3) is 0 Å². The number of nitrogens with two attached hydrogens (primary N) is 1. The van der Waals surface area contributed by atoms with Crippen molar-refractivity contribution in [3.8, 4) is 0 Å². The average molecular weight is 210 g/mol. The fourth-order valence-electron chi connectivity index (χ4n) is 1.21. The van der Waals surface area contributed by atoms with Crippen LogP contribution in [-0.4, -0.2) is 16.9 Å². The molecule has 15 heavy (non-hydrogen) atoms. The van der Waals surface area contributed by atoms with Crippen LogP contribution in [0.5, 0.6) is 0 Å². The lowest BCUT2D eigenvalue weighted by Crippen LogP contribution is -2.27. The van der Waals surface area contributed by atoms with Crippen LogP contribution in [-0.2, 0) is 0 Å². The minimum Gasteiger partial charge on any atom is -0.349 e. The molecule has 1 heterocycles. The Balaban J connectivity index is 2.22. The molecule has 80 valence electrons. The maximum absolute atomic E-state index is 13.5. The molecule has 1 amide bonds. The molecule has 4 N–H and O–H groups in total. The molecule has 2 rings (SSSR count). The molecule has 0 spiro atoms. The highest BCUT2D eigenvalue weighted by atomic mass is 19.1. The fraction of sp³-hybridized carbons (Fsp3) is 0.333. The maximum Gasteiger partial charge on any atom is 0.254 e. The first kappa shape index (κ1) is 9.85. The van der Waals surface area contributed by atoms with Gasteiger partial charge in [-0.2, -0.15) is 0 Å². The number of nitrogens with zero attached hydrogens (tertiary/aromatic N) is 1. The molecule has 0 atom stereocenters. The SMILES string of the molecule is NNc1nccc(C(=O)NC2CC2)c1F. The van der Waals surface area contributed by atoms with Gasteiger partial charge in [0.15, 0.2) is 11.6 Å². The van der Waals surface area contributed by atoms with Gasteiger partial charge in [-0.1, -0.05) is 0 Å². The first-order valence-corrected chi connectivity index (χ1v) is 4.64. The van der Waals surface area contributed by atoms with Crippen molar-refractivity contribution >= 4 is 11.7 Å². The molecule has 0 aromatic carbocycles. The Labute approximate surface area is 85.8 Å². The number of anilines is 1. The largest absolute Gasteiger partial charge is 0.349 e. The lowest BCUT2D eigenvalue weighted by atomic mass is 10.2. The number of hydrazine groups is 1. The summed E-state index contributed by atoms with van der Waals surface area (Å²) in [5.41, 5.74) is 2.06. The molecule has 0 aliphatic heterocycles. The second kappa shape index (κ2) is 3.82. The summed E-state index contributed by atoms with van der Waals surface area (Å²) < 4.78 is 13.5. The highest BCUT2D eigenvalue weighted by Crippen LogP contribution is 2.20. The number of halogens is 1. The number of rotatable bonds is 3. The summed E-state index contributed by atoms with van der Waals surface area (Å²) in [6.45, 7) is 0. The van der Waals surface area contributed by atoms with E-state index in [1.165, 1.54) is 12.3 Å². The molecular weight excluding hydrogens is 199 g/mol. The van der Waals surface area contributed by atoms with E-state index < -0.39 is 11.7 Å². The molecule has 1 fully saturated rings. The molecule has 1 aliphatic carbocycles. The second-order valence-corrected chi connectivity index (χ2v) is 3.41. The Hall–Kier alpha value is -1.69. The van der Waals surface area contributed by atoms with Gasteiger partial charge in [-0.05, 0) is 18.9 Å². The van der Waals surface area contributed by atoms with Crippen molar-refractivity contribution in [1.82, 2.24) is 10.3 Å². The monoisotopic (exact) mass is 210 g/mol. The van der Waals surface area contributed by atoms with Crippen LogP contribution in [0.3, 0.4) is 0 Å². The van der Waals surface area contributed by atoms with E-state index in [1.54, 1.807) is 0 Å². The van der Waals surface area contributed by atoms with Gasteiger partial charge in [0.2, 0.25) is 0 Å². The Morgan fingerprint density at radius 2 is 2.33 bits per heavy atom. The molecule has 0 saturated heterocycles. The van der Waals surface area contributed by atoms with Crippen LogP contribution in [0.2, 0.25) is 0 Å². The summed E-state index contributed by atoms with van der Waals surface area (Å²) in [5, 5.41) is 2.69. The zero-order valence-electron chi connectivity index (χ0n) is 7.96. The summed E-state index contributed by atoms with van der Waals surface area (Å²) in [6.07, 6.45) is 3.25. The summed E-state index contributed by atoms with van der Waals surface area (Å²) in [6, 6.07) is 1.52. The van der Waals surface area contributed by atoms with E-state index in [4.69, 9.17) is 5.84 Å². The van der Waals surface area contributed by atoms with Gasteiger partial charge in [0, 0.05) is 12.2 Å². The van der Waals surface area contributed by atoms with Gasteiger partial charge >= 0.3 is 0 Å². The van der Waals surface area contributed by atoms with Crippen LogP contribution >= 0.6 is 0 Å². The van der Waals surface area contributed by atoms with Crippen LogP contribution in [0.15, 0.2) is 12.3 Å². The van der Waals surface area contributed by atoms with Crippen molar-refractivity contribution in [2.24, 2.45) is 5.84 Å². The van der Waals surface area contributed by atoms with Crippen LogP contribution in [0.4, 0.5) is 10.2 Å². The summed E-state index contributed by atoms with van der Waals surface area (Å²) in [5.74, 6) is 3.78. The van der Waals surface area contributed by atoms with Crippen LogP contribution in [0, 0.1) is 5.82 Å². The third-order valence-electron chi connectivity index (χ3n) is 2.18. The lowest BCUT2D eigenvalue weighted by molar-refractivity contribution is 0.0947. The minimum absolute atomic E-state index is 0.0372. The Morgan fingerprint density at radius 1 is 1.60 bits per heavy atom. The second-order valence-electron chi connectivity index (χ2n) is 3.41. The normalized spacial score (nSPS) is 14.8. The molecule has 5 nitrogen and oxygen atoms in total. The van der Waals surface area contributed by atoms with Crippen molar-refractivity contribution in [2.75, 3.05) is 5.43 Å². The minimum atomic E-state index is -0.724. The zero-order valence-corrected chi connectivity index (χ0v) is 7.96. The van der Waals surface area contributed by atoms with E-state index in [0.717, 1.165) is 12.8 Å². The number of hydrogen-bond donors (Lipinski definition) is 3. The van der Waals surface area contributed by atoms with Crippen LogP contribution in [0.1, 0.15) is 23.2 Å². The van der Waals surface area contributed by atoms with Crippen LogP contribution < -0.4 is 16.6 Å². The molecule has 6 heteroatoms. The highest BCUT2D eigenvalue weighted by Gasteiger charge is 2.25. The number of pyridine rings is 1. The van der Waals surface area contributed by atoms with Gasteiger partial charge in [0.1, 0.15) is 0 Å². The smallest absolute Gasteiger partial charge is 0.254 e. The Morgan fingerprint density at radius 3 is 2.93 bits per heavy atom. The first-order valence-electron chi connectivity index (χ1n) is 4.64. The van der Waals surface area contributed by atoms with E-state index in [2.05, 4.69) is 15.7 Å². The van der Waals surface area contributed by atoms with Gasteiger partial charge in [-0.15, -0.1) is 0 Å². The number of aromatic nitrogens is 1. The van der Waals surface area contributed by atoms with Crippen molar-refractivity contribution in [3.05, 3.63) is 23.6 Å². The van der Waals surface area contributed by atoms with E-state index in [0.29, 0.717) is 0 Å². The molecule has 0 radical (unpaired) electrons. The molecule has 1 aromatic rings. The number of hydrogen-bond acceptors (Lipinski definition) is 4. The van der Waals surface area contributed by atoms with Crippen molar-refractivity contribution in [2.45, 2.75) is 18.9 Å². The van der Waals surface area contributed by atoms with Crippen molar-refractivity contribution in [3.63, 3.8) is 0 Å². The molecule has 0 unspecified atom stereocenters. The first-order chi connectivity index (χ1) is 7.22. The molecule has 1 aliphatic rings. The predicted octanol–water partition coefficient (Wildman–Crippen LogP) is 0.398. The summed E-state index contributed by atoms with van der Waals surface area (Å²) in [7, 11) is 0. The number of amides is 1. The third kappa shape index (κ3) is 2.04. The number of carbonyl (C=O) groups excluding carboxylic acids is 1. The summed E-state index contributed by atoms with van der Waals surface area (Å²) in [4.78, 5) is 15.2. The molecular formula is C9H11FN4O. The van der Waals surface area contributed by atoms with Crippen molar-refractivity contribution < 1.29 is 9.18 Å². The number of nitrogens with one attached hydrogen (secondary N) is 2. The highest BCUT2D eigenvalue weighted by molar-refractivity contribution is 5.95. The molecule has 0 bridgehead atoms. The fourth-order valence-corrected chi connectivity index (χ4v) is 1.21. The van der Waals surface area contributed by atoms with Gasteiger partial charge in [-0.25, -0.2) is 15.2 Å². The topological polar surface area (TPSA) is 80.0 Å². The predicted molar refractivity (Wildman–Crippen MR) is 52.5 cm³/mol. The van der Waals surface area contributed by atoms with Gasteiger partial charge in [-0.3, -0.25) is 4.79 Å². The summed E-state index contributed by atoms with van der Waals surface area (Å²) >= 11 is 0. The van der Waals surface area contributed by atoms with E-state index in [-0.39, 0.29) is 17.4 Å². The van der Waals surface area contributed by atoms with Gasteiger partial charge in [0.25, 0.3) is 5.91 Å². The standard InChI is InChI=1S/C9H11FN4O/c10-7-6(3-4-12-8(7)14-11)9(15)13-5-1-2-5/h3-5H,1-2,11H2,(H,12,14)(H,13,15). The maximum atomic E-state index is 13.5. The van der Waals surface area contributed by atoms with E-state index >= 15 is 0 Å². The molecule has 1 aromatic heterocycles. The number of nitrogen functional groups attached to an aromatic ring is 1. The Bertz CT molecular complexity index is 392. The van der Waals surface area contributed by atoms with Gasteiger partial charge < -0.3 is 10.7 Å². The lowest BCUT2D eigenvalue weighted by Gasteiger charge is -2.06. The zero-order chi connectivity index (χ0) is 10.8. The Kier molecular flexibility index (Phi) is 2.51. The third-order valence-corrected chi connectivity index (χ3v) is 2.18. The van der Waals surface area contributed by atoms with Crippen molar-refractivity contribution in [1.29, 1.82) is 0 Å². The van der Waals surface area contributed by atoms with E-state index in [9.17, 15) is 9.18 Å². The average Bonchev–Trinajstić information content (AvgIpc) is 3.02. The quantitative estimate of drug-likeness (QED) is 0.498. The van der Waals surface area contributed by atoms with E-state index in [1.807, 2.05) is 0 Å². The van der Waals surface area contributed by atoms with Gasteiger partial charge in [0.05, 0.1) is 5.56 Å².